The second kappa shape index (κ2) is 12.2. The highest BCUT2D eigenvalue weighted by Gasteiger charge is 2.24. The van der Waals surface area contributed by atoms with Crippen LogP contribution in [0.25, 0.3) is 0 Å². The molecular formula is C17H27BrN4O3S. The molecule has 0 bridgehead atoms. The topological polar surface area (TPSA) is 82.7 Å². The van der Waals surface area contributed by atoms with Crippen LogP contribution in [0, 0.1) is 5.92 Å². The van der Waals surface area contributed by atoms with Crippen molar-refractivity contribution in [2.24, 2.45) is 5.92 Å². The molecule has 9 heteroatoms. The summed E-state index contributed by atoms with van der Waals surface area (Å²) in [4.78, 5) is 24.4. The van der Waals surface area contributed by atoms with Gasteiger partial charge in [-0.15, -0.1) is 0 Å². The maximum Gasteiger partial charge on any atom is 0.412 e. The molecule has 0 aliphatic carbocycles. The fraction of sp³-hybridized carbons (Fsp3) is 0.529. The molecule has 0 heterocycles. The molecule has 1 rings (SSSR count). The summed E-state index contributed by atoms with van der Waals surface area (Å²) >= 11 is 4.78. The third-order valence-corrected chi connectivity index (χ3v) is 4.32. The zero-order valence-corrected chi connectivity index (χ0v) is 17.9. The Morgan fingerprint density at radius 1 is 1.19 bits per heavy atom. The number of amides is 2. The van der Waals surface area contributed by atoms with Crippen molar-refractivity contribution in [3.05, 3.63) is 28.7 Å². The highest BCUT2D eigenvalue weighted by atomic mass is 79.9. The minimum absolute atomic E-state index is 0.216. The van der Waals surface area contributed by atoms with Crippen molar-refractivity contribution in [3.63, 3.8) is 0 Å². The quantitative estimate of drug-likeness (QED) is 0.377. The van der Waals surface area contributed by atoms with Gasteiger partial charge in [0.2, 0.25) is 0 Å². The molecule has 146 valence electrons. The number of nitrogens with one attached hydrogen (secondary N) is 3. The van der Waals surface area contributed by atoms with Gasteiger partial charge >= 0.3 is 6.09 Å². The molecule has 0 saturated heterocycles. The maximum atomic E-state index is 12.3. The van der Waals surface area contributed by atoms with Crippen molar-refractivity contribution in [1.82, 2.24) is 14.3 Å². The summed E-state index contributed by atoms with van der Waals surface area (Å²) in [6.07, 6.45) is -1.01. The standard InChI is InChI=1S/C17H27BrN4O3S/c1-12(2)11-15(16(23)19-9-10-20-26-22(3)4)25-17(24)21-14-7-5-13(18)6-8-14/h5-8,12,15,20H,9-11H2,1-4H3,(H,19,23)(H,21,24). The van der Waals surface area contributed by atoms with E-state index in [4.69, 9.17) is 4.74 Å². The van der Waals surface area contributed by atoms with Gasteiger partial charge in [0, 0.05) is 35.4 Å². The Bertz CT molecular complexity index is 570. The molecular weight excluding hydrogens is 420 g/mol. The molecule has 2 amide bonds. The van der Waals surface area contributed by atoms with Gasteiger partial charge < -0.3 is 10.1 Å². The van der Waals surface area contributed by atoms with E-state index in [1.165, 1.54) is 12.1 Å². The van der Waals surface area contributed by atoms with Gasteiger partial charge in [0.05, 0.1) is 0 Å². The van der Waals surface area contributed by atoms with E-state index in [2.05, 4.69) is 31.3 Å². The van der Waals surface area contributed by atoms with Gasteiger partial charge in [-0.25, -0.2) is 13.8 Å². The Labute approximate surface area is 168 Å². The van der Waals surface area contributed by atoms with E-state index in [1.54, 1.807) is 12.1 Å². The summed E-state index contributed by atoms with van der Waals surface area (Å²) in [6, 6.07) is 7.12. The monoisotopic (exact) mass is 446 g/mol. The number of halogens is 1. The van der Waals surface area contributed by atoms with E-state index in [9.17, 15) is 9.59 Å². The van der Waals surface area contributed by atoms with Crippen molar-refractivity contribution in [2.75, 3.05) is 32.5 Å². The third-order valence-electron chi connectivity index (χ3n) is 3.09. The summed E-state index contributed by atoms with van der Waals surface area (Å²) in [7, 11) is 3.85. The highest BCUT2D eigenvalue weighted by Crippen LogP contribution is 2.15. The SMILES string of the molecule is CC(C)CC(OC(=O)Nc1ccc(Br)cc1)C(=O)NCCNSN(C)C. The predicted molar refractivity (Wildman–Crippen MR) is 110 cm³/mol. The van der Waals surface area contributed by atoms with E-state index in [1.807, 2.05) is 44.4 Å². The van der Waals surface area contributed by atoms with E-state index in [-0.39, 0.29) is 11.8 Å². The first-order chi connectivity index (χ1) is 12.3. The second-order valence-corrected chi connectivity index (χ2v) is 8.36. The lowest BCUT2D eigenvalue weighted by molar-refractivity contribution is -0.130. The van der Waals surface area contributed by atoms with Gasteiger partial charge in [-0.05, 0) is 50.7 Å². The number of anilines is 1. The molecule has 0 fully saturated rings. The van der Waals surface area contributed by atoms with Crippen molar-refractivity contribution in [3.8, 4) is 0 Å². The van der Waals surface area contributed by atoms with Crippen LogP contribution in [0.15, 0.2) is 28.7 Å². The number of ether oxygens (including phenoxy) is 1. The Hall–Kier alpha value is -1.29. The summed E-state index contributed by atoms with van der Waals surface area (Å²) < 4.78 is 11.3. The minimum atomic E-state index is -0.827. The van der Waals surface area contributed by atoms with E-state index in [0.717, 1.165) is 4.47 Å². The average molecular weight is 447 g/mol. The summed E-state index contributed by atoms with van der Waals surface area (Å²) in [6.45, 7) is 5.01. The average Bonchev–Trinajstić information content (AvgIpc) is 2.55. The Kier molecular flexibility index (Phi) is 10.6. The smallest absolute Gasteiger partial charge is 0.412 e. The molecule has 0 saturated carbocycles. The first-order valence-corrected chi connectivity index (χ1v) is 9.92. The molecule has 1 aromatic carbocycles. The molecule has 0 aliphatic heterocycles. The van der Waals surface area contributed by atoms with Crippen LogP contribution in [0.1, 0.15) is 20.3 Å². The third kappa shape index (κ3) is 10.0. The molecule has 7 nitrogen and oxygen atoms in total. The number of hydrogen-bond donors (Lipinski definition) is 3. The summed E-state index contributed by atoms with van der Waals surface area (Å²) in [5.41, 5.74) is 0.604. The molecule has 0 spiro atoms. The normalized spacial score (nSPS) is 12.1. The Morgan fingerprint density at radius 3 is 2.42 bits per heavy atom. The van der Waals surface area contributed by atoms with Gasteiger partial charge in [-0.2, -0.15) is 0 Å². The highest BCUT2D eigenvalue weighted by molar-refractivity contribution is 9.10. The zero-order valence-electron chi connectivity index (χ0n) is 15.5. The Morgan fingerprint density at radius 2 is 1.85 bits per heavy atom. The first kappa shape index (κ1) is 22.8. The van der Waals surface area contributed by atoms with Crippen LogP contribution in [0.5, 0.6) is 0 Å². The van der Waals surface area contributed by atoms with E-state index < -0.39 is 12.2 Å². The van der Waals surface area contributed by atoms with Gasteiger partial charge in [0.15, 0.2) is 6.10 Å². The largest absolute Gasteiger partial charge is 0.436 e. The van der Waals surface area contributed by atoms with Crippen molar-refractivity contribution >= 4 is 45.8 Å². The maximum absolute atomic E-state index is 12.3. The molecule has 0 radical (unpaired) electrons. The van der Waals surface area contributed by atoms with Crippen LogP contribution in [0.2, 0.25) is 0 Å². The lowest BCUT2D eigenvalue weighted by atomic mass is 10.1. The number of nitrogens with zero attached hydrogens (tertiary/aromatic N) is 1. The molecule has 3 N–H and O–H groups in total. The van der Waals surface area contributed by atoms with Crippen LogP contribution < -0.4 is 15.4 Å². The second-order valence-electron chi connectivity index (χ2n) is 6.24. The molecule has 1 unspecified atom stereocenters. The van der Waals surface area contributed by atoms with Crippen LogP contribution in [0.3, 0.4) is 0 Å². The lowest BCUT2D eigenvalue weighted by Gasteiger charge is -2.19. The van der Waals surface area contributed by atoms with Gasteiger partial charge in [-0.1, -0.05) is 29.8 Å². The fourth-order valence-electron chi connectivity index (χ4n) is 1.97. The fourth-order valence-corrected chi connectivity index (χ4v) is 2.69. The van der Waals surface area contributed by atoms with E-state index in [0.29, 0.717) is 25.2 Å². The lowest BCUT2D eigenvalue weighted by Crippen LogP contribution is -2.41. The number of rotatable bonds is 10. The van der Waals surface area contributed by atoms with Crippen LogP contribution in [-0.2, 0) is 9.53 Å². The molecule has 1 atom stereocenters. The Balaban J connectivity index is 2.49. The number of carbonyl (C=O) groups is 2. The number of hydrogen-bond acceptors (Lipinski definition) is 6. The molecule has 26 heavy (non-hydrogen) atoms. The number of carbonyl (C=O) groups excluding carboxylic acids is 2. The zero-order chi connectivity index (χ0) is 19.5. The van der Waals surface area contributed by atoms with Gasteiger partial charge in [-0.3, -0.25) is 10.1 Å². The van der Waals surface area contributed by atoms with Gasteiger partial charge in [0.25, 0.3) is 5.91 Å². The van der Waals surface area contributed by atoms with E-state index >= 15 is 0 Å². The van der Waals surface area contributed by atoms with Crippen LogP contribution >= 0.6 is 28.1 Å². The molecule has 0 aliphatic rings. The van der Waals surface area contributed by atoms with Crippen LogP contribution in [0.4, 0.5) is 10.5 Å². The molecule has 0 aromatic heterocycles. The predicted octanol–water partition coefficient (Wildman–Crippen LogP) is 3.24. The van der Waals surface area contributed by atoms with Gasteiger partial charge in [0.1, 0.15) is 0 Å². The van der Waals surface area contributed by atoms with Crippen molar-refractivity contribution < 1.29 is 14.3 Å². The minimum Gasteiger partial charge on any atom is -0.436 e. The molecule has 1 aromatic rings. The summed E-state index contributed by atoms with van der Waals surface area (Å²) in [5.74, 6) is -0.0741. The van der Waals surface area contributed by atoms with Crippen molar-refractivity contribution in [2.45, 2.75) is 26.4 Å². The van der Waals surface area contributed by atoms with Crippen molar-refractivity contribution in [1.29, 1.82) is 0 Å². The first-order valence-electron chi connectivity index (χ1n) is 8.36. The number of benzene rings is 1. The summed E-state index contributed by atoms with van der Waals surface area (Å²) in [5, 5.41) is 5.43. The van der Waals surface area contributed by atoms with Crippen LogP contribution in [-0.4, -0.2) is 49.6 Å².